The van der Waals surface area contributed by atoms with E-state index >= 15 is 0 Å². The molecule has 0 aliphatic rings. The number of amides is 1. The molecule has 2 aromatic carbocycles. The molecule has 1 N–H and O–H groups in total. The summed E-state index contributed by atoms with van der Waals surface area (Å²) in [7, 11) is 4.01. The molecule has 2 heterocycles. The van der Waals surface area contributed by atoms with Crippen LogP contribution in [0.2, 0.25) is 0 Å². The van der Waals surface area contributed by atoms with Gasteiger partial charge in [0.1, 0.15) is 5.75 Å². The number of likely N-dealkylation sites (N-methyl/N-ethyl adjacent to an activating group) is 1. The van der Waals surface area contributed by atoms with Crippen LogP contribution >= 0.6 is 0 Å². The number of hydrogen-bond donors (Lipinski definition) is 1. The van der Waals surface area contributed by atoms with Crippen LogP contribution < -0.4 is 10.1 Å². The van der Waals surface area contributed by atoms with Crippen molar-refractivity contribution >= 4 is 11.6 Å². The van der Waals surface area contributed by atoms with E-state index in [2.05, 4.69) is 32.5 Å². The molecule has 164 valence electrons. The predicted octanol–water partition coefficient (Wildman–Crippen LogP) is 3.60. The minimum atomic E-state index is -0.289. The third kappa shape index (κ3) is 5.61. The van der Waals surface area contributed by atoms with Crippen LogP contribution in [0.3, 0.4) is 0 Å². The Labute approximate surface area is 187 Å². The molecule has 8 heteroatoms. The molecule has 0 bridgehead atoms. The van der Waals surface area contributed by atoms with Gasteiger partial charge in [0, 0.05) is 18.9 Å². The molecule has 0 aliphatic heterocycles. The molecule has 0 fully saturated rings. The maximum Gasteiger partial charge on any atom is 0.276 e. The second kappa shape index (κ2) is 9.93. The SMILES string of the molecule is CN(C)CCn1cc(NC(=O)c2ccn(COc3ccc(-c4ccccc4)cc3)n2)cn1. The summed E-state index contributed by atoms with van der Waals surface area (Å²) in [4.78, 5) is 14.6. The molecule has 0 spiro atoms. The number of rotatable bonds is 9. The maximum atomic E-state index is 12.5. The molecular weight excluding hydrogens is 404 g/mol. The van der Waals surface area contributed by atoms with Crippen molar-refractivity contribution in [1.29, 1.82) is 0 Å². The number of aromatic nitrogens is 4. The lowest BCUT2D eigenvalue weighted by Gasteiger charge is -2.08. The van der Waals surface area contributed by atoms with E-state index in [1.807, 2.05) is 56.6 Å². The van der Waals surface area contributed by atoms with Crippen molar-refractivity contribution in [2.75, 3.05) is 26.0 Å². The van der Waals surface area contributed by atoms with Crippen LogP contribution in [0.5, 0.6) is 5.75 Å². The monoisotopic (exact) mass is 430 g/mol. The summed E-state index contributed by atoms with van der Waals surface area (Å²) < 4.78 is 9.18. The van der Waals surface area contributed by atoms with Crippen LogP contribution in [0.15, 0.2) is 79.3 Å². The molecule has 0 radical (unpaired) electrons. The van der Waals surface area contributed by atoms with Crippen LogP contribution in [-0.4, -0.2) is 51.0 Å². The summed E-state index contributed by atoms with van der Waals surface area (Å²) in [5.41, 5.74) is 3.23. The minimum absolute atomic E-state index is 0.209. The highest BCUT2D eigenvalue weighted by Crippen LogP contribution is 2.22. The third-order valence-corrected chi connectivity index (χ3v) is 4.87. The van der Waals surface area contributed by atoms with Gasteiger partial charge in [-0.2, -0.15) is 10.2 Å². The minimum Gasteiger partial charge on any atom is -0.471 e. The summed E-state index contributed by atoms with van der Waals surface area (Å²) in [5.74, 6) is 0.444. The van der Waals surface area contributed by atoms with Gasteiger partial charge in [-0.25, -0.2) is 4.68 Å². The van der Waals surface area contributed by atoms with E-state index in [-0.39, 0.29) is 12.6 Å². The van der Waals surface area contributed by atoms with Gasteiger partial charge in [-0.3, -0.25) is 9.48 Å². The summed E-state index contributed by atoms with van der Waals surface area (Å²) in [6.07, 6.45) is 5.15. The van der Waals surface area contributed by atoms with Crippen LogP contribution in [0, 0.1) is 0 Å². The highest BCUT2D eigenvalue weighted by atomic mass is 16.5. The van der Waals surface area contributed by atoms with Gasteiger partial charge in [0.25, 0.3) is 5.91 Å². The molecule has 0 aliphatic carbocycles. The predicted molar refractivity (Wildman–Crippen MR) is 123 cm³/mol. The lowest BCUT2D eigenvalue weighted by Crippen LogP contribution is -2.18. The summed E-state index contributed by atoms with van der Waals surface area (Å²) >= 11 is 0. The Morgan fingerprint density at radius 1 is 1.00 bits per heavy atom. The highest BCUT2D eigenvalue weighted by Gasteiger charge is 2.11. The number of benzene rings is 2. The fourth-order valence-electron chi connectivity index (χ4n) is 3.12. The largest absolute Gasteiger partial charge is 0.471 e. The number of ether oxygens (including phenoxy) is 1. The van der Waals surface area contributed by atoms with Gasteiger partial charge in [0.05, 0.1) is 18.4 Å². The van der Waals surface area contributed by atoms with Gasteiger partial charge >= 0.3 is 0 Å². The van der Waals surface area contributed by atoms with Gasteiger partial charge in [-0.15, -0.1) is 0 Å². The topological polar surface area (TPSA) is 77.2 Å². The molecule has 0 unspecified atom stereocenters. The van der Waals surface area contributed by atoms with E-state index < -0.39 is 0 Å². The van der Waals surface area contributed by atoms with Crippen LogP contribution in [0.1, 0.15) is 10.5 Å². The first-order valence-corrected chi connectivity index (χ1v) is 10.4. The molecular formula is C24H26N6O2. The number of nitrogens with one attached hydrogen (secondary N) is 1. The van der Waals surface area contributed by atoms with Crippen LogP contribution in [0.4, 0.5) is 5.69 Å². The Kier molecular flexibility index (Phi) is 6.62. The van der Waals surface area contributed by atoms with Crippen molar-refractivity contribution in [1.82, 2.24) is 24.5 Å². The molecule has 1 amide bonds. The summed E-state index contributed by atoms with van der Waals surface area (Å²) in [6, 6.07) is 19.7. The van der Waals surface area contributed by atoms with Crippen molar-refractivity contribution in [2.45, 2.75) is 13.3 Å². The lowest BCUT2D eigenvalue weighted by molar-refractivity contribution is 0.102. The van der Waals surface area contributed by atoms with E-state index in [9.17, 15) is 4.79 Å². The summed E-state index contributed by atoms with van der Waals surface area (Å²) in [6.45, 7) is 1.83. The average molecular weight is 431 g/mol. The third-order valence-electron chi connectivity index (χ3n) is 4.87. The molecule has 0 saturated carbocycles. The number of carbonyl (C=O) groups excluding carboxylic acids is 1. The first kappa shape index (κ1) is 21.3. The smallest absolute Gasteiger partial charge is 0.276 e. The normalized spacial score (nSPS) is 11.0. The van der Waals surface area contributed by atoms with Gasteiger partial charge in [0.15, 0.2) is 12.4 Å². The maximum absolute atomic E-state index is 12.5. The number of carbonyl (C=O) groups is 1. The van der Waals surface area contributed by atoms with E-state index in [1.165, 1.54) is 0 Å². The Morgan fingerprint density at radius 3 is 2.50 bits per heavy atom. The van der Waals surface area contributed by atoms with Gasteiger partial charge in [-0.1, -0.05) is 42.5 Å². The van der Waals surface area contributed by atoms with Crippen LogP contribution in [-0.2, 0) is 13.3 Å². The second-order valence-corrected chi connectivity index (χ2v) is 7.65. The Morgan fingerprint density at radius 2 is 1.75 bits per heavy atom. The van der Waals surface area contributed by atoms with Crippen molar-refractivity contribution in [3.63, 3.8) is 0 Å². The Hall–Kier alpha value is -3.91. The molecule has 8 nitrogen and oxygen atoms in total. The first-order chi connectivity index (χ1) is 15.6. The highest BCUT2D eigenvalue weighted by molar-refractivity contribution is 6.02. The zero-order valence-electron chi connectivity index (χ0n) is 18.2. The molecule has 32 heavy (non-hydrogen) atoms. The molecule has 4 aromatic rings. The summed E-state index contributed by atoms with van der Waals surface area (Å²) in [5, 5.41) is 11.4. The van der Waals surface area contributed by atoms with Gasteiger partial charge < -0.3 is 15.0 Å². The van der Waals surface area contributed by atoms with E-state index in [1.54, 1.807) is 34.0 Å². The molecule has 0 atom stereocenters. The zero-order valence-corrected chi connectivity index (χ0v) is 18.2. The van der Waals surface area contributed by atoms with Crippen molar-refractivity contribution in [2.24, 2.45) is 0 Å². The van der Waals surface area contributed by atoms with Crippen molar-refractivity contribution in [3.8, 4) is 16.9 Å². The van der Waals surface area contributed by atoms with Gasteiger partial charge in [-0.05, 0) is 43.4 Å². The average Bonchev–Trinajstić information content (AvgIpc) is 3.47. The quantitative estimate of drug-likeness (QED) is 0.439. The van der Waals surface area contributed by atoms with E-state index in [0.29, 0.717) is 11.4 Å². The fourth-order valence-corrected chi connectivity index (χ4v) is 3.12. The number of hydrogen-bond acceptors (Lipinski definition) is 5. The molecule has 2 aromatic heterocycles. The van der Waals surface area contributed by atoms with E-state index in [0.717, 1.165) is 30.0 Å². The van der Waals surface area contributed by atoms with Crippen molar-refractivity contribution in [3.05, 3.63) is 84.9 Å². The fraction of sp³-hybridized carbons (Fsp3) is 0.208. The Balaban J connectivity index is 1.29. The zero-order chi connectivity index (χ0) is 22.3. The second-order valence-electron chi connectivity index (χ2n) is 7.65. The Bertz CT molecular complexity index is 1150. The number of anilines is 1. The molecule has 0 saturated heterocycles. The first-order valence-electron chi connectivity index (χ1n) is 10.4. The van der Waals surface area contributed by atoms with Crippen molar-refractivity contribution < 1.29 is 9.53 Å². The lowest BCUT2D eigenvalue weighted by atomic mass is 10.1. The molecule has 4 rings (SSSR count). The van der Waals surface area contributed by atoms with Gasteiger partial charge in [0.2, 0.25) is 0 Å². The van der Waals surface area contributed by atoms with E-state index in [4.69, 9.17) is 4.74 Å². The van der Waals surface area contributed by atoms with Crippen LogP contribution in [0.25, 0.3) is 11.1 Å². The number of nitrogens with zero attached hydrogens (tertiary/aromatic N) is 5. The standard InChI is InChI=1S/C24H26N6O2/c1-28(2)14-15-29-17-21(16-25-29)26-24(31)23-12-13-30(27-23)18-32-22-10-8-20(9-11-22)19-6-4-3-5-7-19/h3-13,16-17H,14-15,18H2,1-2H3,(H,26,31).